The van der Waals surface area contributed by atoms with Crippen LogP contribution in [-0.2, 0) is 13.0 Å². The molecule has 1 atom stereocenters. The molecule has 1 aromatic carbocycles. The lowest BCUT2D eigenvalue weighted by Gasteiger charge is -2.21. The van der Waals surface area contributed by atoms with Gasteiger partial charge in [-0.3, -0.25) is 0 Å². The summed E-state index contributed by atoms with van der Waals surface area (Å²) in [4.78, 5) is 4.69. The molecule has 1 aliphatic rings. The highest BCUT2D eigenvalue weighted by Gasteiger charge is 2.20. The average molecular weight is 258 g/mol. The van der Waals surface area contributed by atoms with E-state index in [2.05, 4.69) is 10.8 Å². The normalized spacial score (nSPS) is 18.1. The molecule has 1 N–H and O–H groups in total. The van der Waals surface area contributed by atoms with Gasteiger partial charge in [0.15, 0.2) is 0 Å². The molecule has 1 aliphatic heterocycles. The number of imidazole rings is 1. The number of hydrogen-bond donors (Lipinski definition) is 1. The first kappa shape index (κ1) is 12.2. The van der Waals surface area contributed by atoms with Crippen molar-refractivity contribution in [3.8, 4) is 17.0 Å². The zero-order valence-electron chi connectivity index (χ0n) is 11.0. The quantitative estimate of drug-likeness (QED) is 0.917. The first-order valence-electron chi connectivity index (χ1n) is 6.61. The molecular weight excluding hydrogens is 240 g/mol. The minimum Gasteiger partial charge on any atom is -0.497 e. The number of nitrogens with zero attached hydrogens (tertiary/aromatic N) is 2. The Morgan fingerprint density at radius 1 is 1.47 bits per heavy atom. The van der Waals surface area contributed by atoms with Crippen molar-refractivity contribution in [3.05, 3.63) is 36.3 Å². The van der Waals surface area contributed by atoms with Crippen LogP contribution in [0.2, 0.25) is 0 Å². The van der Waals surface area contributed by atoms with E-state index >= 15 is 0 Å². The maximum Gasteiger partial charge on any atom is 0.119 e. The van der Waals surface area contributed by atoms with Gasteiger partial charge in [0.2, 0.25) is 0 Å². The Bertz CT molecular complexity index is 577. The van der Waals surface area contributed by atoms with Gasteiger partial charge in [0, 0.05) is 37.3 Å². The largest absolute Gasteiger partial charge is 0.497 e. The fraction of sp³-hybridized carbons (Fsp3) is 0.400. The molecule has 0 aliphatic carbocycles. The first-order valence-corrected chi connectivity index (χ1v) is 6.61. The number of benzene rings is 1. The van der Waals surface area contributed by atoms with Crippen LogP contribution in [0.4, 0.5) is 0 Å². The van der Waals surface area contributed by atoms with Gasteiger partial charge in [0.05, 0.1) is 12.8 Å². The van der Waals surface area contributed by atoms with E-state index in [1.165, 1.54) is 0 Å². The molecule has 0 amide bonds. The number of hydrogen-bond acceptors (Lipinski definition) is 3. The SMILES string of the molecule is COc1cccc(-c2cn3c(n2)CCC(CO)C3)c1. The molecule has 1 aromatic heterocycles. The molecule has 2 heterocycles. The molecule has 0 saturated carbocycles. The van der Waals surface area contributed by atoms with Crippen LogP contribution in [0, 0.1) is 5.92 Å². The Morgan fingerprint density at radius 3 is 3.16 bits per heavy atom. The third-order valence-electron chi connectivity index (χ3n) is 3.71. The average Bonchev–Trinajstić information content (AvgIpc) is 2.90. The highest BCUT2D eigenvalue weighted by molar-refractivity contribution is 5.60. The molecule has 0 bridgehead atoms. The Labute approximate surface area is 112 Å². The summed E-state index contributed by atoms with van der Waals surface area (Å²) in [6.07, 6.45) is 4.03. The predicted octanol–water partition coefficient (Wildman–Crippen LogP) is 2.11. The standard InChI is InChI=1S/C15H18N2O2/c1-19-13-4-2-3-12(7-13)14-9-17-8-11(10-18)5-6-15(17)16-14/h2-4,7,9,11,18H,5-6,8,10H2,1H3. The molecule has 4 nitrogen and oxygen atoms in total. The summed E-state index contributed by atoms with van der Waals surface area (Å²) in [5.41, 5.74) is 2.05. The van der Waals surface area contributed by atoms with E-state index in [9.17, 15) is 5.11 Å². The Morgan fingerprint density at radius 2 is 2.37 bits per heavy atom. The van der Waals surface area contributed by atoms with E-state index < -0.39 is 0 Å². The van der Waals surface area contributed by atoms with Gasteiger partial charge in [-0.25, -0.2) is 4.98 Å². The van der Waals surface area contributed by atoms with E-state index in [4.69, 9.17) is 9.72 Å². The molecule has 19 heavy (non-hydrogen) atoms. The third kappa shape index (κ3) is 2.36. The van der Waals surface area contributed by atoms with Gasteiger partial charge in [-0.05, 0) is 18.6 Å². The summed E-state index contributed by atoms with van der Waals surface area (Å²) in [6, 6.07) is 7.95. The highest BCUT2D eigenvalue weighted by atomic mass is 16.5. The van der Waals surface area contributed by atoms with E-state index in [1.807, 2.05) is 24.3 Å². The summed E-state index contributed by atoms with van der Waals surface area (Å²) in [7, 11) is 1.67. The lowest BCUT2D eigenvalue weighted by atomic mass is 10.0. The summed E-state index contributed by atoms with van der Waals surface area (Å²) >= 11 is 0. The smallest absolute Gasteiger partial charge is 0.119 e. The molecular formula is C15H18N2O2. The number of fused-ring (bicyclic) bond motifs is 1. The molecule has 1 unspecified atom stereocenters. The number of aryl methyl sites for hydroxylation is 1. The van der Waals surface area contributed by atoms with Crippen LogP contribution in [0.1, 0.15) is 12.2 Å². The van der Waals surface area contributed by atoms with Gasteiger partial charge in [-0.1, -0.05) is 12.1 Å². The van der Waals surface area contributed by atoms with Crippen molar-refractivity contribution in [2.45, 2.75) is 19.4 Å². The fourth-order valence-corrected chi connectivity index (χ4v) is 2.59. The molecule has 4 heteroatoms. The minimum atomic E-state index is 0.256. The zero-order chi connectivity index (χ0) is 13.2. The van der Waals surface area contributed by atoms with Gasteiger partial charge in [-0.2, -0.15) is 0 Å². The van der Waals surface area contributed by atoms with Crippen molar-refractivity contribution >= 4 is 0 Å². The van der Waals surface area contributed by atoms with Crippen LogP contribution in [0.15, 0.2) is 30.5 Å². The maximum atomic E-state index is 9.26. The van der Waals surface area contributed by atoms with Crippen LogP contribution < -0.4 is 4.74 Å². The second-order valence-electron chi connectivity index (χ2n) is 5.01. The van der Waals surface area contributed by atoms with Crippen molar-refractivity contribution in [1.29, 1.82) is 0 Å². The lowest BCUT2D eigenvalue weighted by molar-refractivity contribution is 0.190. The Kier molecular flexibility index (Phi) is 3.25. The maximum absolute atomic E-state index is 9.26. The summed E-state index contributed by atoms with van der Waals surface area (Å²) in [6.45, 7) is 1.12. The van der Waals surface area contributed by atoms with Crippen molar-refractivity contribution < 1.29 is 9.84 Å². The van der Waals surface area contributed by atoms with Crippen molar-refractivity contribution in [1.82, 2.24) is 9.55 Å². The van der Waals surface area contributed by atoms with Crippen molar-refractivity contribution in [3.63, 3.8) is 0 Å². The number of aromatic nitrogens is 2. The number of aliphatic hydroxyl groups excluding tert-OH is 1. The van der Waals surface area contributed by atoms with E-state index in [-0.39, 0.29) is 6.61 Å². The molecule has 0 spiro atoms. The van der Waals surface area contributed by atoms with E-state index in [1.54, 1.807) is 7.11 Å². The van der Waals surface area contributed by atoms with Gasteiger partial charge in [-0.15, -0.1) is 0 Å². The van der Waals surface area contributed by atoms with Gasteiger partial charge in [0.1, 0.15) is 11.6 Å². The van der Waals surface area contributed by atoms with Crippen LogP contribution in [0.3, 0.4) is 0 Å². The number of aliphatic hydroxyl groups is 1. The molecule has 0 fully saturated rings. The molecule has 3 rings (SSSR count). The summed E-state index contributed by atoms with van der Waals surface area (Å²) in [5, 5.41) is 9.26. The Balaban J connectivity index is 1.92. The highest BCUT2D eigenvalue weighted by Crippen LogP contribution is 2.26. The predicted molar refractivity (Wildman–Crippen MR) is 73.1 cm³/mol. The van der Waals surface area contributed by atoms with Crippen LogP contribution in [-0.4, -0.2) is 28.4 Å². The van der Waals surface area contributed by atoms with Gasteiger partial charge < -0.3 is 14.4 Å². The summed E-state index contributed by atoms with van der Waals surface area (Å²) < 4.78 is 7.41. The molecule has 100 valence electrons. The van der Waals surface area contributed by atoms with Gasteiger partial charge in [0.25, 0.3) is 0 Å². The zero-order valence-corrected chi connectivity index (χ0v) is 11.0. The molecule has 2 aromatic rings. The van der Waals surface area contributed by atoms with E-state index in [0.717, 1.165) is 42.2 Å². The number of rotatable bonds is 3. The Hall–Kier alpha value is -1.81. The van der Waals surface area contributed by atoms with Crippen LogP contribution in [0.5, 0.6) is 5.75 Å². The summed E-state index contributed by atoms with van der Waals surface area (Å²) in [5.74, 6) is 2.32. The topological polar surface area (TPSA) is 47.3 Å². The lowest BCUT2D eigenvalue weighted by Crippen LogP contribution is -2.22. The van der Waals surface area contributed by atoms with Crippen LogP contribution in [0.25, 0.3) is 11.3 Å². The fourth-order valence-electron chi connectivity index (χ4n) is 2.59. The monoisotopic (exact) mass is 258 g/mol. The van der Waals surface area contributed by atoms with Crippen molar-refractivity contribution in [2.75, 3.05) is 13.7 Å². The van der Waals surface area contributed by atoms with Crippen LogP contribution >= 0.6 is 0 Å². The second-order valence-corrected chi connectivity index (χ2v) is 5.01. The number of ether oxygens (including phenoxy) is 1. The second kappa shape index (κ2) is 5.05. The molecule has 0 radical (unpaired) electrons. The first-order chi connectivity index (χ1) is 9.30. The minimum absolute atomic E-state index is 0.256. The van der Waals surface area contributed by atoms with E-state index in [0.29, 0.717) is 5.92 Å². The molecule has 0 saturated heterocycles. The third-order valence-corrected chi connectivity index (χ3v) is 3.71. The van der Waals surface area contributed by atoms with Gasteiger partial charge >= 0.3 is 0 Å². The van der Waals surface area contributed by atoms with Crippen molar-refractivity contribution in [2.24, 2.45) is 5.92 Å². The number of methoxy groups -OCH3 is 1.